The van der Waals surface area contributed by atoms with Gasteiger partial charge >= 0.3 is 0 Å². The Hall–Kier alpha value is -3.40. The Labute approximate surface area is 156 Å². The maximum atomic E-state index is 12.9. The van der Waals surface area contributed by atoms with Crippen molar-refractivity contribution in [2.45, 2.75) is 26.8 Å². The monoisotopic (exact) mass is 364 g/mol. The molecule has 1 aliphatic heterocycles. The molecule has 1 fully saturated rings. The second kappa shape index (κ2) is 7.08. The van der Waals surface area contributed by atoms with Gasteiger partial charge in [-0.05, 0) is 44.5 Å². The first-order chi connectivity index (χ1) is 12.8. The molecule has 3 rings (SSSR count). The van der Waals surface area contributed by atoms with Crippen LogP contribution in [0.1, 0.15) is 34.1 Å². The molecule has 0 saturated carbocycles. The second-order valence-electron chi connectivity index (χ2n) is 6.74. The van der Waals surface area contributed by atoms with Crippen LogP contribution in [0.2, 0.25) is 0 Å². The van der Waals surface area contributed by atoms with Gasteiger partial charge in [0.15, 0.2) is 0 Å². The van der Waals surface area contributed by atoms with Crippen molar-refractivity contribution in [2.24, 2.45) is 0 Å². The van der Waals surface area contributed by atoms with Gasteiger partial charge < -0.3 is 14.8 Å². The van der Waals surface area contributed by atoms with E-state index in [4.69, 9.17) is 0 Å². The molecule has 1 unspecified atom stereocenters. The Morgan fingerprint density at radius 2 is 1.96 bits per heavy atom. The maximum absolute atomic E-state index is 12.9. The van der Waals surface area contributed by atoms with Crippen LogP contribution in [0.25, 0.3) is 0 Å². The lowest BCUT2D eigenvalue weighted by molar-refractivity contribution is -0.121. The van der Waals surface area contributed by atoms with Crippen molar-refractivity contribution < 1.29 is 9.59 Å². The maximum Gasteiger partial charge on any atom is 0.261 e. The van der Waals surface area contributed by atoms with E-state index in [0.29, 0.717) is 16.9 Å². The van der Waals surface area contributed by atoms with E-state index in [-0.39, 0.29) is 30.6 Å². The lowest BCUT2D eigenvalue weighted by Crippen LogP contribution is -2.57. The lowest BCUT2D eigenvalue weighted by Gasteiger charge is -2.39. The van der Waals surface area contributed by atoms with Crippen molar-refractivity contribution in [1.29, 1.82) is 5.26 Å². The third-order valence-electron chi connectivity index (χ3n) is 4.89. The molecule has 138 valence electrons. The number of H-pyrrole nitrogens is 1. The van der Waals surface area contributed by atoms with Gasteiger partial charge in [0, 0.05) is 18.3 Å². The fourth-order valence-corrected chi connectivity index (χ4v) is 3.20. The number of anilines is 1. The van der Waals surface area contributed by atoms with Crippen LogP contribution < -0.4 is 10.5 Å². The number of amides is 2. The molecule has 2 heterocycles. The van der Waals surface area contributed by atoms with E-state index in [0.717, 1.165) is 5.56 Å². The number of para-hydroxylation sites is 1. The van der Waals surface area contributed by atoms with Gasteiger partial charge in [-0.1, -0.05) is 12.1 Å². The van der Waals surface area contributed by atoms with E-state index in [2.05, 4.69) is 11.1 Å². The van der Waals surface area contributed by atoms with E-state index in [1.54, 1.807) is 37.3 Å². The first-order valence-corrected chi connectivity index (χ1v) is 8.64. The minimum Gasteiger partial charge on any atom is -0.326 e. The highest BCUT2D eigenvalue weighted by Gasteiger charge is 2.35. The number of benzene rings is 1. The Morgan fingerprint density at radius 3 is 2.67 bits per heavy atom. The topological polar surface area (TPSA) is 97.3 Å². The molecule has 1 aromatic heterocycles. The summed E-state index contributed by atoms with van der Waals surface area (Å²) in [5.41, 5.74) is 2.03. The largest absolute Gasteiger partial charge is 0.326 e. The van der Waals surface area contributed by atoms with Crippen LogP contribution in [0, 0.1) is 25.2 Å². The summed E-state index contributed by atoms with van der Waals surface area (Å²) in [6.45, 7) is 5.51. The number of hydrogen-bond acceptors (Lipinski definition) is 4. The van der Waals surface area contributed by atoms with Gasteiger partial charge in [0.1, 0.15) is 18.2 Å². The van der Waals surface area contributed by atoms with E-state index < -0.39 is 11.5 Å². The van der Waals surface area contributed by atoms with Crippen LogP contribution in [-0.4, -0.2) is 40.8 Å². The number of aromatic amines is 1. The molecule has 2 aromatic rings. The van der Waals surface area contributed by atoms with E-state index in [1.807, 2.05) is 13.8 Å². The number of nitrogens with one attached hydrogen (secondary N) is 1. The van der Waals surface area contributed by atoms with Gasteiger partial charge in [0.2, 0.25) is 5.91 Å². The van der Waals surface area contributed by atoms with Crippen LogP contribution in [0.15, 0.2) is 35.1 Å². The molecule has 0 aliphatic carbocycles. The Kier molecular flexibility index (Phi) is 4.82. The summed E-state index contributed by atoms with van der Waals surface area (Å²) in [6.07, 6.45) is 0. The van der Waals surface area contributed by atoms with Gasteiger partial charge in [-0.2, -0.15) is 5.26 Å². The summed E-state index contributed by atoms with van der Waals surface area (Å²) in [5, 5.41) is 9.28. The first kappa shape index (κ1) is 18.4. The number of piperazine rings is 1. The van der Waals surface area contributed by atoms with Crippen molar-refractivity contribution in [3.8, 4) is 6.07 Å². The SMILES string of the molecule is Cc1cc(C(=O)N2CC(=O)N(c3ccccc3C#N)CC2C)c(=O)[nH]c1C. The lowest BCUT2D eigenvalue weighted by atomic mass is 10.1. The van der Waals surface area contributed by atoms with Gasteiger partial charge in [-0.3, -0.25) is 14.4 Å². The van der Waals surface area contributed by atoms with Gasteiger partial charge in [0.05, 0.1) is 11.3 Å². The average molecular weight is 364 g/mol. The minimum absolute atomic E-state index is 0.0311. The number of hydrogen-bond donors (Lipinski definition) is 1. The summed E-state index contributed by atoms with van der Waals surface area (Å²) in [4.78, 5) is 43.4. The van der Waals surface area contributed by atoms with Crippen molar-refractivity contribution in [2.75, 3.05) is 18.0 Å². The molecule has 27 heavy (non-hydrogen) atoms. The Morgan fingerprint density at radius 1 is 1.26 bits per heavy atom. The molecule has 0 radical (unpaired) electrons. The highest BCUT2D eigenvalue weighted by atomic mass is 16.2. The van der Waals surface area contributed by atoms with Crippen molar-refractivity contribution in [1.82, 2.24) is 9.88 Å². The van der Waals surface area contributed by atoms with Gasteiger partial charge in [-0.15, -0.1) is 0 Å². The van der Waals surface area contributed by atoms with Crippen LogP contribution in [0.4, 0.5) is 5.69 Å². The minimum atomic E-state index is -0.464. The highest BCUT2D eigenvalue weighted by Crippen LogP contribution is 2.24. The van der Waals surface area contributed by atoms with Gasteiger partial charge in [-0.25, -0.2) is 0 Å². The summed E-state index contributed by atoms with van der Waals surface area (Å²) in [6, 6.07) is 10.2. The van der Waals surface area contributed by atoms with Crippen LogP contribution in [-0.2, 0) is 4.79 Å². The number of nitrogens with zero attached hydrogens (tertiary/aromatic N) is 3. The fourth-order valence-electron chi connectivity index (χ4n) is 3.20. The number of pyridine rings is 1. The zero-order chi connectivity index (χ0) is 19.7. The first-order valence-electron chi connectivity index (χ1n) is 8.64. The summed E-state index contributed by atoms with van der Waals surface area (Å²) in [7, 11) is 0. The number of nitriles is 1. The molecular formula is C20H20N4O3. The summed E-state index contributed by atoms with van der Waals surface area (Å²) < 4.78 is 0. The van der Waals surface area contributed by atoms with Crippen molar-refractivity contribution >= 4 is 17.5 Å². The zero-order valence-corrected chi connectivity index (χ0v) is 15.4. The standard InChI is InChI=1S/C20H20N4O3/c1-12-8-16(19(26)22-14(12)3)20(27)23-11-18(25)24(10-13(23)2)17-7-5-4-6-15(17)9-21/h4-8,13H,10-11H2,1-3H3,(H,22,26). The normalized spacial score (nSPS) is 17.0. The van der Waals surface area contributed by atoms with E-state index >= 15 is 0 Å². The molecule has 0 bridgehead atoms. The molecular weight excluding hydrogens is 344 g/mol. The number of aromatic nitrogens is 1. The molecule has 7 heteroatoms. The van der Waals surface area contributed by atoms with Crippen molar-refractivity contribution in [3.05, 3.63) is 63.1 Å². The van der Waals surface area contributed by atoms with Crippen LogP contribution >= 0.6 is 0 Å². The predicted octanol–water partition coefficient (Wildman–Crippen LogP) is 1.74. The summed E-state index contributed by atoms with van der Waals surface area (Å²) >= 11 is 0. The molecule has 1 N–H and O–H groups in total. The quantitative estimate of drug-likeness (QED) is 0.878. The molecule has 1 aliphatic rings. The molecule has 7 nitrogen and oxygen atoms in total. The number of rotatable bonds is 2. The zero-order valence-electron chi connectivity index (χ0n) is 15.4. The molecule has 1 saturated heterocycles. The highest BCUT2D eigenvalue weighted by molar-refractivity contribution is 6.02. The van der Waals surface area contributed by atoms with Crippen molar-refractivity contribution in [3.63, 3.8) is 0 Å². The van der Waals surface area contributed by atoms with Crippen LogP contribution in [0.5, 0.6) is 0 Å². The van der Waals surface area contributed by atoms with Crippen LogP contribution in [0.3, 0.4) is 0 Å². The number of aryl methyl sites for hydroxylation is 2. The predicted molar refractivity (Wildman–Crippen MR) is 101 cm³/mol. The molecule has 0 spiro atoms. The molecule has 1 aromatic carbocycles. The number of carbonyl (C=O) groups excluding carboxylic acids is 2. The Bertz CT molecular complexity index is 1020. The molecule has 1 atom stereocenters. The van der Waals surface area contributed by atoms with E-state index in [9.17, 15) is 19.6 Å². The third-order valence-corrected chi connectivity index (χ3v) is 4.89. The third kappa shape index (κ3) is 3.34. The summed E-state index contributed by atoms with van der Waals surface area (Å²) in [5.74, 6) is -0.752. The molecule has 2 amide bonds. The van der Waals surface area contributed by atoms with E-state index in [1.165, 1.54) is 9.80 Å². The van der Waals surface area contributed by atoms with Gasteiger partial charge in [0.25, 0.3) is 11.5 Å². The fraction of sp³-hybridized carbons (Fsp3) is 0.300. The smallest absolute Gasteiger partial charge is 0.261 e. The Balaban J connectivity index is 1.89. The average Bonchev–Trinajstić information content (AvgIpc) is 2.65. The second-order valence-corrected chi connectivity index (χ2v) is 6.74. The number of carbonyl (C=O) groups is 2.